The van der Waals surface area contributed by atoms with Crippen molar-refractivity contribution in [3.63, 3.8) is 0 Å². The fraction of sp³-hybridized carbons (Fsp3) is 0.500. The molecule has 0 fully saturated rings. The Labute approximate surface area is 113 Å². The number of hydrogen-bond donors (Lipinski definition) is 2. The third-order valence-electron chi connectivity index (χ3n) is 2.97. The van der Waals surface area contributed by atoms with Gasteiger partial charge in [0.05, 0.1) is 17.9 Å². The Balaban J connectivity index is 2.93. The van der Waals surface area contributed by atoms with Crippen LogP contribution >= 0.6 is 0 Å². The van der Waals surface area contributed by atoms with Crippen LogP contribution < -0.4 is 11.1 Å². The van der Waals surface area contributed by atoms with Gasteiger partial charge < -0.3 is 15.8 Å². The third kappa shape index (κ3) is 4.12. The number of benzene rings is 1. The topological polar surface area (TPSA) is 64.3 Å². The minimum Gasteiger partial charge on any atom is -0.462 e. The Bertz CT molecular complexity index is 449. The molecule has 0 radical (unpaired) electrons. The van der Waals surface area contributed by atoms with Gasteiger partial charge in [0.2, 0.25) is 0 Å². The SMILES string of the molecule is CCOC(=O)c1cc(NCC(C)CC)c(F)cc1N. The van der Waals surface area contributed by atoms with Crippen molar-refractivity contribution >= 4 is 17.3 Å². The van der Waals surface area contributed by atoms with Gasteiger partial charge in [0, 0.05) is 12.2 Å². The lowest BCUT2D eigenvalue weighted by Gasteiger charge is -2.14. The smallest absolute Gasteiger partial charge is 0.340 e. The number of nitrogens with one attached hydrogen (secondary N) is 1. The number of hydrogen-bond acceptors (Lipinski definition) is 4. The highest BCUT2D eigenvalue weighted by molar-refractivity contribution is 5.96. The van der Waals surface area contributed by atoms with Crippen molar-refractivity contribution in [3.05, 3.63) is 23.5 Å². The molecule has 1 aromatic carbocycles. The maximum atomic E-state index is 13.7. The fourth-order valence-corrected chi connectivity index (χ4v) is 1.54. The first-order valence-electron chi connectivity index (χ1n) is 6.49. The third-order valence-corrected chi connectivity index (χ3v) is 2.97. The molecule has 1 rings (SSSR count). The molecule has 4 nitrogen and oxygen atoms in total. The second kappa shape index (κ2) is 6.97. The van der Waals surface area contributed by atoms with Crippen LogP contribution in [-0.4, -0.2) is 19.1 Å². The summed E-state index contributed by atoms with van der Waals surface area (Å²) < 4.78 is 18.6. The summed E-state index contributed by atoms with van der Waals surface area (Å²) in [5.74, 6) is -0.580. The summed E-state index contributed by atoms with van der Waals surface area (Å²) in [5.41, 5.74) is 6.19. The van der Waals surface area contributed by atoms with Gasteiger partial charge in [-0.15, -0.1) is 0 Å². The summed E-state index contributed by atoms with van der Waals surface area (Å²) in [5, 5.41) is 2.99. The van der Waals surface area contributed by atoms with Crippen molar-refractivity contribution in [2.75, 3.05) is 24.2 Å². The van der Waals surface area contributed by atoms with E-state index >= 15 is 0 Å². The van der Waals surface area contributed by atoms with Crippen LogP contribution in [-0.2, 0) is 4.74 Å². The first-order valence-corrected chi connectivity index (χ1v) is 6.49. The second-order valence-corrected chi connectivity index (χ2v) is 4.53. The number of ether oxygens (including phenoxy) is 1. The summed E-state index contributed by atoms with van der Waals surface area (Å²) in [6, 6.07) is 2.55. The van der Waals surface area contributed by atoms with Crippen LogP contribution in [0.25, 0.3) is 0 Å². The highest BCUT2D eigenvalue weighted by Gasteiger charge is 2.15. The number of rotatable bonds is 6. The van der Waals surface area contributed by atoms with E-state index in [1.165, 1.54) is 6.07 Å². The Morgan fingerprint density at radius 3 is 2.74 bits per heavy atom. The molecule has 19 heavy (non-hydrogen) atoms. The van der Waals surface area contributed by atoms with Gasteiger partial charge in [0.15, 0.2) is 0 Å². The zero-order chi connectivity index (χ0) is 14.4. The average Bonchev–Trinajstić information content (AvgIpc) is 2.37. The van der Waals surface area contributed by atoms with Gasteiger partial charge in [0.25, 0.3) is 0 Å². The van der Waals surface area contributed by atoms with E-state index in [4.69, 9.17) is 10.5 Å². The van der Waals surface area contributed by atoms with E-state index in [-0.39, 0.29) is 23.5 Å². The first-order chi connectivity index (χ1) is 8.99. The highest BCUT2D eigenvalue weighted by atomic mass is 19.1. The Morgan fingerprint density at radius 2 is 2.16 bits per heavy atom. The Hall–Kier alpha value is -1.78. The van der Waals surface area contributed by atoms with Crippen molar-refractivity contribution in [2.24, 2.45) is 5.92 Å². The number of halogens is 1. The van der Waals surface area contributed by atoms with E-state index in [9.17, 15) is 9.18 Å². The summed E-state index contributed by atoms with van der Waals surface area (Å²) in [4.78, 5) is 11.7. The van der Waals surface area contributed by atoms with E-state index < -0.39 is 11.8 Å². The van der Waals surface area contributed by atoms with Crippen LogP contribution in [0, 0.1) is 11.7 Å². The molecule has 0 bridgehead atoms. The van der Waals surface area contributed by atoms with Crippen LogP contribution in [0.5, 0.6) is 0 Å². The quantitative estimate of drug-likeness (QED) is 0.615. The van der Waals surface area contributed by atoms with E-state index in [1.54, 1.807) is 6.92 Å². The number of carbonyl (C=O) groups is 1. The number of carbonyl (C=O) groups excluding carboxylic acids is 1. The Morgan fingerprint density at radius 1 is 1.47 bits per heavy atom. The first kappa shape index (κ1) is 15.3. The summed E-state index contributed by atoms with van der Waals surface area (Å²) >= 11 is 0. The summed E-state index contributed by atoms with van der Waals surface area (Å²) in [7, 11) is 0. The molecule has 0 aliphatic carbocycles. The van der Waals surface area contributed by atoms with Crippen molar-refractivity contribution < 1.29 is 13.9 Å². The van der Waals surface area contributed by atoms with Gasteiger partial charge in [-0.05, 0) is 25.0 Å². The molecule has 0 spiro atoms. The molecule has 106 valence electrons. The van der Waals surface area contributed by atoms with Gasteiger partial charge in [-0.2, -0.15) is 0 Å². The van der Waals surface area contributed by atoms with E-state index in [0.717, 1.165) is 12.5 Å². The van der Waals surface area contributed by atoms with Crippen LogP contribution in [0.4, 0.5) is 15.8 Å². The molecule has 0 aromatic heterocycles. The van der Waals surface area contributed by atoms with Gasteiger partial charge in [-0.25, -0.2) is 9.18 Å². The fourth-order valence-electron chi connectivity index (χ4n) is 1.54. The Kier molecular flexibility index (Phi) is 5.60. The molecule has 0 aliphatic rings. The molecule has 0 heterocycles. The van der Waals surface area contributed by atoms with Crippen molar-refractivity contribution in [2.45, 2.75) is 27.2 Å². The zero-order valence-corrected chi connectivity index (χ0v) is 11.6. The highest BCUT2D eigenvalue weighted by Crippen LogP contribution is 2.23. The molecule has 5 heteroatoms. The molecule has 0 saturated heterocycles. The lowest BCUT2D eigenvalue weighted by Crippen LogP contribution is -2.14. The molecular weight excluding hydrogens is 247 g/mol. The predicted octanol–water partition coefficient (Wildman–Crippen LogP) is 3.04. The predicted molar refractivity (Wildman–Crippen MR) is 74.7 cm³/mol. The molecule has 1 aromatic rings. The zero-order valence-electron chi connectivity index (χ0n) is 11.6. The lowest BCUT2D eigenvalue weighted by atomic mass is 10.1. The number of nitrogens with two attached hydrogens (primary N) is 1. The summed E-state index contributed by atoms with van der Waals surface area (Å²) in [6.07, 6.45) is 0.994. The maximum absolute atomic E-state index is 13.7. The standard InChI is InChI=1S/C14H21FN2O2/c1-4-9(3)8-17-13-6-10(14(18)19-5-2)12(16)7-11(13)15/h6-7,9,17H,4-5,8,16H2,1-3H3. The van der Waals surface area contributed by atoms with E-state index in [1.807, 2.05) is 0 Å². The normalized spacial score (nSPS) is 12.0. The van der Waals surface area contributed by atoms with Gasteiger partial charge in [-0.1, -0.05) is 20.3 Å². The van der Waals surface area contributed by atoms with Crippen LogP contribution in [0.3, 0.4) is 0 Å². The molecule has 3 N–H and O–H groups in total. The molecule has 1 unspecified atom stereocenters. The minimum atomic E-state index is -0.536. The molecule has 0 amide bonds. The second-order valence-electron chi connectivity index (χ2n) is 4.53. The van der Waals surface area contributed by atoms with Crippen molar-refractivity contribution in [1.29, 1.82) is 0 Å². The van der Waals surface area contributed by atoms with Gasteiger partial charge in [0.1, 0.15) is 5.82 Å². The molecule has 0 saturated carbocycles. The van der Waals surface area contributed by atoms with Crippen molar-refractivity contribution in [3.8, 4) is 0 Å². The molecular formula is C14H21FN2O2. The number of nitrogen functional groups attached to an aromatic ring is 1. The van der Waals surface area contributed by atoms with Gasteiger partial charge >= 0.3 is 5.97 Å². The lowest BCUT2D eigenvalue weighted by molar-refractivity contribution is 0.0527. The van der Waals surface area contributed by atoms with Crippen LogP contribution in [0.15, 0.2) is 12.1 Å². The summed E-state index contributed by atoms with van der Waals surface area (Å²) in [6.45, 7) is 6.73. The van der Waals surface area contributed by atoms with Crippen molar-refractivity contribution in [1.82, 2.24) is 0 Å². The number of anilines is 2. The maximum Gasteiger partial charge on any atom is 0.340 e. The largest absolute Gasteiger partial charge is 0.462 e. The monoisotopic (exact) mass is 268 g/mol. The van der Waals surface area contributed by atoms with E-state index in [2.05, 4.69) is 19.2 Å². The molecule has 1 atom stereocenters. The van der Waals surface area contributed by atoms with Crippen LogP contribution in [0.2, 0.25) is 0 Å². The average molecular weight is 268 g/mol. The minimum absolute atomic E-state index is 0.0880. The number of esters is 1. The van der Waals surface area contributed by atoms with E-state index in [0.29, 0.717) is 12.5 Å². The van der Waals surface area contributed by atoms with Gasteiger partial charge in [-0.3, -0.25) is 0 Å². The molecule has 0 aliphatic heterocycles. The van der Waals surface area contributed by atoms with Crippen LogP contribution in [0.1, 0.15) is 37.6 Å².